The smallest absolute Gasteiger partial charge is 0.269 e. The van der Waals surface area contributed by atoms with Crippen LogP contribution in [0.1, 0.15) is 16.1 Å². The van der Waals surface area contributed by atoms with Crippen LogP contribution in [0.25, 0.3) is 10.9 Å². The fraction of sp³-hybridized carbons (Fsp3) is 0.238. The Bertz CT molecular complexity index is 1090. The fourth-order valence-corrected chi connectivity index (χ4v) is 3.64. The van der Waals surface area contributed by atoms with Gasteiger partial charge in [0.05, 0.1) is 4.92 Å². The van der Waals surface area contributed by atoms with Crippen molar-refractivity contribution >= 4 is 28.2 Å². The minimum Gasteiger partial charge on any atom is -0.367 e. The molecule has 148 valence electrons. The van der Waals surface area contributed by atoms with E-state index in [4.69, 9.17) is 0 Å². The first-order chi connectivity index (χ1) is 13.9. The second-order valence-corrected chi connectivity index (χ2v) is 7.00. The zero-order valence-electron chi connectivity index (χ0n) is 15.8. The summed E-state index contributed by atoms with van der Waals surface area (Å²) in [5, 5.41) is 11.5. The van der Waals surface area contributed by atoms with Crippen molar-refractivity contribution in [2.24, 2.45) is 0 Å². The van der Waals surface area contributed by atoms with Crippen molar-refractivity contribution in [3.63, 3.8) is 0 Å². The molecule has 2 heterocycles. The molecule has 0 saturated carbocycles. The number of nitro benzene ring substituents is 1. The number of non-ortho nitro benzene ring substituents is 1. The van der Waals surface area contributed by atoms with Crippen molar-refractivity contribution < 1.29 is 14.1 Å². The SMILES string of the molecule is Cc1cc(N2CCN(C(=O)c3ccc([N+](=O)[O-])cc3)CC2)c2cccc(F)c2n1. The Balaban J connectivity index is 1.51. The fourth-order valence-electron chi connectivity index (χ4n) is 3.64. The topological polar surface area (TPSA) is 79.6 Å². The maximum Gasteiger partial charge on any atom is 0.269 e. The number of carbonyl (C=O) groups is 1. The molecule has 1 aliphatic heterocycles. The van der Waals surface area contributed by atoms with Crippen molar-refractivity contribution in [3.8, 4) is 0 Å². The average Bonchev–Trinajstić information content (AvgIpc) is 2.73. The summed E-state index contributed by atoms with van der Waals surface area (Å²) in [7, 11) is 0. The van der Waals surface area contributed by atoms with Crippen molar-refractivity contribution in [1.82, 2.24) is 9.88 Å². The molecule has 29 heavy (non-hydrogen) atoms. The zero-order valence-corrected chi connectivity index (χ0v) is 15.8. The molecule has 3 aromatic rings. The van der Waals surface area contributed by atoms with Gasteiger partial charge in [0, 0.05) is 60.6 Å². The largest absolute Gasteiger partial charge is 0.367 e. The predicted molar refractivity (Wildman–Crippen MR) is 108 cm³/mol. The Morgan fingerprint density at radius 2 is 1.79 bits per heavy atom. The number of para-hydroxylation sites is 1. The maximum atomic E-state index is 14.2. The molecule has 0 aliphatic carbocycles. The van der Waals surface area contributed by atoms with Crippen LogP contribution in [0.3, 0.4) is 0 Å². The van der Waals surface area contributed by atoms with Gasteiger partial charge in [-0.1, -0.05) is 12.1 Å². The summed E-state index contributed by atoms with van der Waals surface area (Å²) in [5.41, 5.74) is 2.39. The lowest BCUT2D eigenvalue weighted by Gasteiger charge is -2.36. The van der Waals surface area contributed by atoms with E-state index in [0.717, 1.165) is 16.8 Å². The molecule has 0 N–H and O–H groups in total. The van der Waals surface area contributed by atoms with Gasteiger partial charge < -0.3 is 9.80 Å². The standard InChI is InChI=1S/C21H19FN4O3/c1-14-13-19(17-3-2-4-18(22)20(17)23-14)24-9-11-25(12-10-24)21(27)15-5-7-16(8-6-15)26(28)29/h2-8,13H,9-12H2,1H3. The molecule has 7 nitrogen and oxygen atoms in total. The second kappa shape index (κ2) is 7.46. The number of hydrogen-bond donors (Lipinski definition) is 0. The first-order valence-electron chi connectivity index (χ1n) is 9.28. The Morgan fingerprint density at radius 1 is 1.10 bits per heavy atom. The molecule has 2 aromatic carbocycles. The average molecular weight is 394 g/mol. The van der Waals surface area contributed by atoms with Crippen LogP contribution in [-0.2, 0) is 0 Å². The number of nitro groups is 1. The van der Waals surface area contributed by atoms with E-state index in [0.29, 0.717) is 37.3 Å². The Labute approximate surface area is 166 Å². The minimum absolute atomic E-state index is 0.0430. The third kappa shape index (κ3) is 3.61. The Kier molecular flexibility index (Phi) is 4.84. The van der Waals surface area contributed by atoms with Gasteiger partial charge in [-0.2, -0.15) is 0 Å². The number of rotatable bonds is 3. The van der Waals surface area contributed by atoms with Crippen LogP contribution in [0.2, 0.25) is 0 Å². The number of fused-ring (bicyclic) bond motifs is 1. The number of amides is 1. The van der Waals surface area contributed by atoms with Gasteiger partial charge in [0.2, 0.25) is 0 Å². The van der Waals surface area contributed by atoms with E-state index in [1.807, 2.05) is 19.1 Å². The van der Waals surface area contributed by atoms with Crippen LogP contribution < -0.4 is 4.90 Å². The van der Waals surface area contributed by atoms with Crippen LogP contribution in [0.5, 0.6) is 0 Å². The van der Waals surface area contributed by atoms with Crippen LogP contribution in [0, 0.1) is 22.9 Å². The molecule has 0 bridgehead atoms. The van der Waals surface area contributed by atoms with Gasteiger partial charge in [0.1, 0.15) is 11.3 Å². The lowest BCUT2D eigenvalue weighted by atomic mass is 10.1. The van der Waals surface area contributed by atoms with Crippen LogP contribution in [-0.4, -0.2) is 46.9 Å². The van der Waals surface area contributed by atoms with E-state index in [1.54, 1.807) is 11.0 Å². The molecule has 0 spiro atoms. The summed E-state index contributed by atoms with van der Waals surface area (Å²) < 4.78 is 14.2. The van der Waals surface area contributed by atoms with E-state index in [-0.39, 0.29) is 17.4 Å². The number of nitrogens with zero attached hydrogens (tertiary/aromatic N) is 4. The molecule has 0 unspecified atom stereocenters. The summed E-state index contributed by atoms with van der Waals surface area (Å²) in [4.78, 5) is 31.2. The van der Waals surface area contributed by atoms with Gasteiger partial charge in [-0.25, -0.2) is 9.37 Å². The quantitative estimate of drug-likeness (QED) is 0.501. The van der Waals surface area contributed by atoms with Gasteiger partial charge >= 0.3 is 0 Å². The van der Waals surface area contributed by atoms with Gasteiger partial charge in [-0.15, -0.1) is 0 Å². The number of carbonyl (C=O) groups excluding carboxylic acids is 1. The summed E-state index contributed by atoms with van der Waals surface area (Å²) in [6.45, 7) is 4.06. The van der Waals surface area contributed by atoms with E-state index < -0.39 is 4.92 Å². The predicted octanol–water partition coefficient (Wildman–Crippen LogP) is 3.55. The molecule has 8 heteroatoms. The molecule has 4 rings (SSSR count). The van der Waals surface area contributed by atoms with Crippen molar-refractivity contribution in [3.05, 3.63) is 75.7 Å². The molecular formula is C21H19FN4O3. The number of aryl methyl sites for hydroxylation is 1. The molecule has 1 saturated heterocycles. The first-order valence-corrected chi connectivity index (χ1v) is 9.28. The molecule has 0 radical (unpaired) electrons. The highest BCUT2D eigenvalue weighted by Gasteiger charge is 2.24. The van der Waals surface area contributed by atoms with E-state index in [2.05, 4.69) is 9.88 Å². The number of halogens is 1. The third-order valence-electron chi connectivity index (χ3n) is 5.13. The van der Waals surface area contributed by atoms with Gasteiger partial charge in [0.15, 0.2) is 0 Å². The van der Waals surface area contributed by atoms with Crippen LogP contribution >= 0.6 is 0 Å². The number of aromatic nitrogens is 1. The molecule has 1 aromatic heterocycles. The van der Waals surface area contributed by atoms with Crippen molar-refractivity contribution in [2.75, 3.05) is 31.1 Å². The lowest BCUT2D eigenvalue weighted by molar-refractivity contribution is -0.384. The van der Waals surface area contributed by atoms with Crippen molar-refractivity contribution in [2.45, 2.75) is 6.92 Å². The summed E-state index contributed by atoms with van der Waals surface area (Å²) >= 11 is 0. The molecule has 1 aliphatic rings. The highest BCUT2D eigenvalue weighted by Crippen LogP contribution is 2.29. The third-order valence-corrected chi connectivity index (χ3v) is 5.13. The van der Waals surface area contributed by atoms with Gasteiger partial charge in [-0.3, -0.25) is 14.9 Å². The molecular weight excluding hydrogens is 375 g/mol. The highest BCUT2D eigenvalue weighted by atomic mass is 19.1. The van der Waals surface area contributed by atoms with Crippen LogP contribution in [0.4, 0.5) is 15.8 Å². The van der Waals surface area contributed by atoms with Gasteiger partial charge in [-0.05, 0) is 31.2 Å². The summed E-state index contributed by atoms with van der Waals surface area (Å²) in [5.74, 6) is -0.499. The summed E-state index contributed by atoms with van der Waals surface area (Å²) in [6.07, 6.45) is 0. The highest BCUT2D eigenvalue weighted by molar-refractivity contribution is 5.95. The van der Waals surface area contributed by atoms with Gasteiger partial charge in [0.25, 0.3) is 11.6 Å². The van der Waals surface area contributed by atoms with Crippen LogP contribution in [0.15, 0.2) is 48.5 Å². The first kappa shape index (κ1) is 18.8. The lowest BCUT2D eigenvalue weighted by Crippen LogP contribution is -2.48. The number of anilines is 1. The summed E-state index contributed by atoms with van der Waals surface area (Å²) in [6, 6.07) is 12.5. The van der Waals surface area contributed by atoms with E-state index in [9.17, 15) is 19.3 Å². The van der Waals surface area contributed by atoms with E-state index in [1.165, 1.54) is 30.3 Å². The minimum atomic E-state index is -0.489. The molecule has 1 fully saturated rings. The number of piperazine rings is 1. The Hall–Kier alpha value is -3.55. The number of pyridine rings is 1. The number of benzene rings is 2. The maximum absolute atomic E-state index is 14.2. The molecule has 0 atom stereocenters. The normalized spacial score (nSPS) is 14.3. The monoisotopic (exact) mass is 394 g/mol. The van der Waals surface area contributed by atoms with Crippen molar-refractivity contribution in [1.29, 1.82) is 0 Å². The van der Waals surface area contributed by atoms with E-state index >= 15 is 0 Å². The Morgan fingerprint density at radius 3 is 2.45 bits per heavy atom. The molecule has 1 amide bonds. The second-order valence-electron chi connectivity index (χ2n) is 7.00. The number of hydrogen-bond acceptors (Lipinski definition) is 5. The zero-order chi connectivity index (χ0) is 20.5.